The maximum Gasteiger partial charge on any atom is 0.289 e. The summed E-state index contributed by atoms with van der Waals surface area (Å²) in [6.07, 6.45) is 4.48. The highest BCUT2D eigenvalue weighted by molar-refractivity contribution is 8.18. The number of rotatable bonds is 6. The van der Waals surface area contributed by atoms with Crippen LogP contribution in [-0.2, 0) is 22.4 Å². The zero-order valence-electron chi connectivity index (χ0n) is 19.9. The van der Waals surface area contributed by atoms with Crippen LogP contribution in [0.3, 0.4) is 0 Å². The Bertz CT molecular complexity index is 1420. The minimum atomic E-state index is -3.22. The van der Waals surface area contributed by atoms with Crippen LogP contribution in [0.2, 0.25) is 0 Å². The zero-order valence-corrected chi connectivity index (χ0v) is 23.0. The van der Waals surface area contributed by atoms with Gasteiger partial charge in [0.1, 0.15) is 11.2 Å². The molecule has 4 atom stereocenters. The summed E-state index contributed by atoms with van der Waals surface area (Å²) in [6.45, 7) is 2.60. The molecule has 1 N–H and O–H groups in total. The van der Waals surface area contributed by atoms with Gasteiger partial charge in [0.2, 0.25) is 0 Å². The van der Waals surface area contributed by atoms with Crippen molar-refractivity contribution in [3.63, 3.8) is 0 Å². The lowest BCUT2D eigenvalue weighted by atomic mass is 10.0. The predicted octanol–water partition coefficient (Wildman–Crippen LogP) is 6.01. The Morgan fingerprint density at radius 3 is 2.78 bits per heavy atom. The SMILES string of the molecule is CC(F)(P)c1ccc(Cn2cc3cc(/C=C4\SC(=O)NC4=NC4CCOC4)ccc3n2)c(C(F)(F)P)c1. The van der Waals surface area contributed by atoms with E-state index in [1.54, 1.807) is 10.9 Å². The van der Waals surface area contributed by atoms with E-state index >= 15 is 0 Å². The monoisotopic (exact) mass is 564 g/mol. The molecule has 37 heavy (non-hydrogen) atoms. The lowest BCUT2D eigenvalue weighted by molar-refractivity contribution is 0.102. The van der Waals surface area contributed by atoms with E-state index in [0.29, 0.717) is 30.1 Å². The number of carbonyl (C=O) groups is 1. The Morgan fingerprint density at radius 1 is 1.27 bits per heavy atom. The molecule has 2 fully saturated rings. The van der Waals surface area contributed by atoms with Gasteiger partial charge in [0.15, 0.2) is 0 Å². The maximum atomic E-state index is 14.4. The number of benzene rings is 2. The lowest BCUT2D eigenvalue weighted by Crippen LogP contribution is -2.21. The number of aliphatic imine (C=N–C) groups is 1. The first-order valence-electron chi connectivity index (χ1n) is 11.6. The quantitative estimate of drug-likeness (QED) is 0.373. The number of halogens is 3. The Morgan fingerprint density at radius 2 is 2.08 bits per heavy atom. The van der Waals surface area contributed by atoms with Gasteiger partial charge in [-0.25, -0.2) is 4.39 Å². The van der Waals surface area contributed by atoms with Crippen molar-refractivity contribution in [2.75, 3.05) is 13.2 Å². The lowest BCUT2D eigenvalue weighted by Gasteiger charge is -2.21. The van der Waals surface area contributed by atoms with E-state index in [-0.39, 0.29) is 29.0 Å². The molecule has 0 bridgehead atoms. The molecule has 0 aliphatic carbocycles. The molecule has 0 spiro atoms. The third-order valence-electron chi connectivity index (χ3n) is 6.11. The van der Waals surface area contributed by atoms with Crippen molar-refractivity contribution in [3.05, 3.63) is 69.8 Å². The first kappa shape index (κ1) is 26.4. The Labute approximate surface area is 220 Å². The number of nitrogens with one attached hydrogen (secondary N) is 1. The number of alkyl halides is 3. The molecule has 5 rings (SSSR count). The summed E-state index contributed by atoms with van der Waals surface area (Å²) in [5.41, 5.74) is -1.43. The number of ether oxygens (including phenoxy) is 1. The molecule has 2 aliphatic heterocycles. The van der Waals surface area contributed by atoms with Crippen molar-refractivity contribution in [1.29, 1.82) is 0 Å². The van der Waals surface area contributed by atoms with Crippen molar-refractivity contribution in [2.24, 2.45) is 4.99 Å². The van der Waals surface area contributed by atoms with Gasteiger partial charge in [-0.1, -0.05) is 36.7 Å². The van der Waals surface area contributed by atoms with Crippen LogP contribution >= 0.6 is 30.2 Å². The van der Waals surface area contributed by atoms with Crippen LogP contribution in [0.5, 0.6) is 0 Å². The summed E-state index contributed by atoms with van der Waals surface area (Å²) in [6, 6.07) is 9.90. The van der Waals surface area contributed by atoms with E-state index in [4.69, 9.17) is 4.74 Å². The molecule has 2 saturated heterocycles. The van der Waals surface area contributed by atoms with Gasteiger partial charge >= 0.3 is 0 Å². The van der Waals surface area contributed by atoms with Crippen LogP contribution in [0, 0.1) is 0 Å². The highest BCUT2D eigenvalue weighted by Gasteiger charge is 2.31. The first-order chi connectivity index (χ1) is 17.5. The summed E-state index contributed by atoms with van der Waals surface area (Å²) in [4.78, 5) is 17.4. The highest BCUT2D eigenvalue weighted by Crippen LogP contribution is 2.41. The van der Waals surface area contributed by atoms with Crippen LogP contribution in [0.4, 0.5) is 18.0 Å². The van der Waals surface area contributed by atoms with E-state index in [9.17, 15) is 18.0 Å². The molecule has 1 aromatic heterocycles. The molecule has 2 aliphatic rings. The standard InChI is InChI=1S/C25H25F3N4O2P2S/c1-24(26,35)17-4-3-15(19(10-17)25(27,28)36)11-32-12-16-8-14(2-5-20(16)31-32)9-21-22(30-23(33)37-21)29-18-6-7-34-13-18/h2-5,8-10,12,18H,6-7,11,13,35-36H2,1H3,(H,29,30,33)/b21-9-. The van der Waals surface area contributed by atoms with E-state index in [1.807, 2.05) is 33.5 Å². The molecule has 3 heterocycles. The first-order valence-corrected chi connectivity index (χ1v) is 13.5. The maximum absolute atomic E-state index is 14.4. The molecule has 3 aromatic rings. The van der Waals surface area contributed by atoms with Crippen molar-refractivity contribution in [3.8, 4) is 0 Å². The molecule has 6 nitrogen and oxygen atoms in total. The Hall–Kier alpha value is -2.25. The number of hydrogen-bond acceptors (Lipinski definition) is 5. The summed E-state index contributed by atoms with van der Waals surface area (Å²) in [5, 5.41) is 6.14. The van der Waals surface area contributed by atoms with Crippen molar-refractivity contribution in [2.45, 2.75) is 37.0 Å². The fourth-order valence-electron chi connectivity index (χ4n) is 4.25. The van der Waals surface area contributed by atoms with E-state index in [1.165, 1.54) is 34.4 Å². The van der Waals surface area contributed by atoms with Crippen LogP contribution in [0.1, 0.15) is 35.6 Å². The summed E-state index contributed by atoms with van der Waals surface area (Å²) < 4.78 is 50.1. The summed E-state index contributed by atoms with van der Waals surface area (Å²) in [5.74, 6) is 0.547. The molecule has 12 heteroatoms. The van der Waals surface area contributed by atoms with E-state index in [0.717, 1.165) is 34.0 Å². The molecular formula is C25H25F3N4O2P2S. The third-order valence-corrected chi connectivity index (χ3v) is 7.58. The number of fused-ring (bicyclic) bond motifs is 1. The number of hydrogen-bond donors (Lipinski definition) is 1. The number of nitrogens with zero attached hydrogens (tertiary/aromatic N) is 3. The van der Waals surface area contributed by atoms with Gasteiger partial charge in [0.05, 0.1) is 29.6 Å². The van der Waals surface area contributed by atoms with Crippen LogP contribution in [0.15, 0.2) is 52.5 Å². The average Bonchev–Trinajstić information content (AvgIpc) is 3.53. The Kier molecular flexibility index (Phi) is 7.22. The van der Waals surface area contributed by atoms with Gasteiger partial charge in [-0.15, -0.1) is 0 Å². The van der Waals surface area contributed by atoms with Gasteiger partial charge in [-0.05, 0) is 66.1 Å². The average molecular weight is 565 g/mol. The molecule has 0 radical (unpaired) electrons. The second-order valence-corrected chi connectivity index (χ2v) is 12.1. The number of aromatic nitrogens is 2. The molecule has 2 aromatic carbocycles. The number of amidine groups is 1. The van der Waals surface area contributed by atoms with Gasteiger partial charge in [0.25, 0.3) is 10.9 Å². The fraction of sp³-hybridized carbons (Fsp3) is 0.320. The fourth-order valence-corrected chi connectivity index (χ4v) is 5.44. The van der Waals surface area contributed by atoms with Crippen molar-refractivity contribution in [1.82, 2.24) is 15.1 Å². The molecular weight excluding hydrogens is 539 g/mol. The molecule has 4 unspecified atom stereocenters. The molecule has 0 saturated carbocycles. The number of amides is 1. The van der Waals surface area contributed by atoms with Crippen molar-refractivity contribution < 1.29 is 22.7 Å². The van der Waals surface area contributed by atoms with E-state index < -0.39 is 11.1 Å². The smallest absolute Gasteiger partial charge is 0.289 e. The van der Waals surface area contributed by atoms with Crippen LogP contribution in [0.25, 0.3) is 17.0 Å². The Balaban J connectivity index is 1.42. The normalized spacial score (nSPS) is 22.2. The van der Waals surface area contributed by atoms with Gasteiger partial charge in [0, 0.05) is 23.8 Å². The molecule has 1 amide bonds. The van der Waals surface area contributed by atoms with Crippen LogP contribution in [-0.4, -0.2) is 40.1 Å². The second-order valence-electron chi connectivity index (χ2n) is 9.23. The van der Waals surface area contributed by atoms with Gasteiger partial charge < -0.3 is 10.1 Å². The second kappa shape index (κ2) is 10.1. The van der Waals surface area contributed by atoms with Gasteiger partial charge in [-0.2, -0.15) is 13.9 Å². The van der Waals surface area contributed by atoms with Crippen molar-refractivity contribution >= 4 is 58.3 Å². The summed E-state index contributed by atoms with van der Waals surface area (Å²) in [7, 11) is 3.56. The zero-order chi connectivity index (χ0) is 26.4. The highest BCUT2D eigenvalue weighted by atomic mass is 32.2. The van der Waals surface area contributed by atoms with Gasteiger partial charge in [-0.3, -0.25) is 14.5 Å². The third kappa shape index (κ3) is 6.09. The number of thioether (sulfide) groups is 1. The number of carbonyl (C=O) groups excluding carboxylic acids is 1. The summed E-state index contributed by atoms with van der Waals surface area (Å²) >= 11 is 1.09. The topological polar surface area (TPSA) is 68.5 Å². The predicted molar refractivity (Wildman–Crippen MR) is 148 cm³/mol. The largest absolute Gasteiger partial charge is 0.379 e. The van der Waals surface area contributed by atoms with Crippen LogP contribution < -0.4 is 5.32 Å². The molecule has 194 valence electrons. The van der Waals surface area contributed by atoms with E-state index in [2.05, 4.69) is 15.4 Å². The minimum absolute atomic E-state index is 0.0284. The minimum Gasteiger partial charge on any atom is -0.379 e.